The summed E-state index contributed by atoms with van der Waals surface area (Å²) in [4.78, 5) is 1.23. The smallest absolute Gasteiger partial charge is 0.383 e. The lowest BCUT2D eigenvalue weighted by molar-refractivity contribution is -0.184. The van der Waals surface area contributed by atoms with Gasteiger partial charge in [0.25, 0.3) is 0 Å². The first kappa shape index (κ1) is 19.8. The van der Waals surface area contributed by atoms with Gasteiger partial charge in [-0.3, -0.25) is 0 Å². The van der Waals surface area contributed by atoms with Crippen molar-refractivity contribution in [3.05, 3.63) is 46.6 Å². The first-order valence-corrected chi connectivity index (χ1v) is 7.43. The van der Waals surface area contributed by atoms with Crippen LogP contribution in [0.1, 0.15) is 11.3 Å². The highest BCUT2D eigenvalue weighted by Crippen LogP contribution is 2.38. The highest BCUT2D eigenvalue weighted by Gasteiger charge is 2.43. The third-order valence-electron chi connectivity index (χ3n) is 3.27. The highest BCUT2D eigenvalue weighted by atomic mass is 35.5. The zero-order valence-electron chi connectivity index (χ0n) is 13.5. The van der Waals surface area contributed by atoms with E-state index in [1.165, 1.54) is 31.1 Å². The van der Waals surface area contributed by atoms with Crippen molar-refractivity contribution in [2.24, 2.45) is 0 Å². The second kappa shape index (κ2) is 7.35. The molecule has 0 fully saturated rings. The normalized spacial score (nSPS) is 13.4. The minimum atomic E-state index is -5.02. The van der Waals surface area contributed by atoms with E-state index in [-0.39, 0.29) is 16.3 Å². The molecule has 0 bridgehead atoms. The summed E-state index contributed by atoms with van der Waals surface area (Å²) in [7, 11) is 2.83. The quantitative estimate of drug-likeness (QED) is 0.804. The fourth-order valence-corrected chi connectivity index (χ4v) is 2.45. The van der Waals surface area contributed by atoms with Crippen LogP contribution in [0.25, 0.3) is 16.8 Å². The summed E-state index contributed by atoms with van der Waals surface area (Å²) in [5.74, 6) is -1.45. The van der Waals surface area contributed by atoms with Crippen LogP contribution in [0.4, 0.5) is 17.6 Å². The molecule has 0 aliphatic carbocycles. The number of hydrogen-bond acceptors (Lipinski definition) is 5. The van der Waals surface area contributed by atoms with Gasteiger partial charge in [0.2, 0.25) is 0 Å². The van der Waals surface area contributed by atoms with Crippen LogP contribution < -0.4 is 0 Å². The Kier molecular flexibility index (Phi) is 5.59. The number of alkyl halides is 3. The summed E-state index contributed by atoms with van der Waals surface area (Å²) in [6.07, 6.45) is -7.02. The van der Waals surface area contributed by atoms with E-state index in [1.54, 1.807) is 6.07 Å². The van der Waals surface area contributed by atoms with Crippen molar-refractivity contribution in [1.29, 1.82) is 5.26 Å². The van der Waals surface area contributed by atoms with Crippen LogP contribution in [0.2, 0.25) is 5.02 Å². The van der Waals surface area contributed by atoms with E-state index in [0.29, 0.717) is 0 Å². The van der Waals surface area contributed by atoms with Crippen LogP contribution in [-0.2, 0) is 0 Å². The third-order valence-corrected chi connectivity index (χ3v) is 3.58. The molecule has 1 heterocycles. The highest BCUT2D eigenvalue weighted by molar-refractivity contribution is 6.33. The summed E-state index contributed by atoms with van der Waals surface area (Å²) < 4.78 is 58.0. The van der Waals surface area contributed by atoms with Crippen LogP contribution >= 0.6 is 11.6 Å². The molecule has 0 amide bonds. The number of benzene rings is 1. The molecule has 138 valence electrons. The molecule has 1 aromatic carbocycles. The molecule has 0 aliphatic heterocycles. The Morgan fingerprint density at radius 2 is 2.08 bits per heavy atom. The molecule has 0 saturated carbocycles. The number of halogens is 5. The van der Waals surface area contributed by atoms with Crippen LogP contribution in [0.3, 0.4) is 0 Å². The van der Waals surface area contributed by atoms with Crippen molar-refractivity contribution in [3.63, 3.8) is 0 Å². The van der Waals surface area contributed by atoms with E-state index in [1.807, 2.05) is 0 Å². The Morgan fingerprint density at radius 1 is 1.42 bits per heavy atom. The van der Waals surface area contributed by atoms with Gasteiger partial charge in [-0.05, 0) is 12.1 Å². The van der Waals surface area contributed by atoms with Crippen molar-refractivity contribution >= 4 is 17.2 Å². The minimum Gasteiger partial charge on any atom is -0.383 e. The molecular formula is C16H12ClF4N3O2. The van der Waals surface area contributed by atoms with E-state index < -0.39 is 35.0 Å². The van der Waals surface area contributed by atoms with Crippen LogP contribution in [-0.4, -0.2) is 41.5 Å². The number of aliphatic hydroxyl groups excluding tert-OH is 1. The molecule has 0 spiro atoms. The fourth-order valence-electron chi connectivity index (χ4n) is 2.19. The Bertz CT molecular complexity index is 864. The lowest BCUT2D eigenvalue weighted by Crippen LogP contribution is -2.30. The van der Waals surface area contributed by atoms with Gasteiger partial charge in [-0.1, -0.05) is 22.8 Å². The second-order valence-electron chi connectivity index (χ2n) is 5.44. The van der Waals surface area contributed by atoms with Gasteiger partial charge in [-0.2, -0.15) is 18.4 Å². The summed E-state index contributed by atoms with van der Waals surface area (Å²) >= 11 is 5.92. The average molecular weight is 390 g/mol. The average Bonchev–Trinajstić information content (AvgIpc) is 2.94. The molecule has 1 unspecified atom stereocenters. The summed E-state index contributed by atoms with van der Waals surface area (Å²) in [6, 6.07) is 5.34. The van der Waals surface area contributed by atoms with Crippen LogP contribution in [0.15, 0.2) is 28.9 Å². The van der Waals surface area contributed by atoms with Crippen molar-refractivity contribution in [3.8, 4) is 17.3 Å². The Hall–Kier alpha value is -2.57. The maximum Gasteiger partial charge on any atom is 0.418 e. The zero-order chi connectivity index (χ0) is 19.6. The zero-order valence-corrected chi connectivity index (χ0v) is 14.2. The van der Waals surface area contributed by atoms with Gasteiger partial charge in [-0.15, -0.1) is 0 Å². The lowest BCUT2D eigenvalue weighted by atomic mass is 10.00. The van der Waals surface area contributed by atoms with Gasteiger partial charge < -0.3 is 14.5 Å². The Morgan fingerprint density at radius 3 is 2.58 bits per heavy atom. The van der Waals surface area contributed by atoms with Gasteiger partial charge in [0, 0.05) is 20.3 Å². The predicted molar refractivity (Wildman–Crippen MR) is 85.3 cm³/mol. The largest absolute Gasteiger partial charge is 0.418 e. The molecule has 2 aromatic rings. The number of hydrogen-bond donors (Lipinski definition) is 1. The summed E-state index contributed by atoms with van der Waals surface area (Å²) in [5, 5.41) is 22.4. The standard InChI is InChI=1S/C16H12ClF4N3O2/c1-24(2)7-9(15(25)16(19,20)21)14-8(6-22)13(23-26-14)12-10(17)4-3-5-11(12)18/h3-5,7,15,25H,1-2H3/b9-7-. The van der Waals surface area contributed by atoms with E-state index in [4.69, 9.17) is 16.1 Å². The van der Waals surface area contributed by atoms with E-state index in [9.17, 15) is 27.9 Å². The second-order valence-corrected chi connectivity index (χ2v) is 5.84. The number of nitrogens with zero attached hydrogens (tertiary/aromatic N) is 3. The van der Waals surface area contributed by atoms with E-state index in [2.05, 4.69) is 5.16 Å². The SMILES string of the molecule is CN(C)/C=C(/c1onc(-c2c(F)cccc2Cl)c1C#N)C(O)C(F)(F)F. The van der Waals surface area contributed by atoms with E-state index in [0.717, 1.165) is 12.3 Å². The van der Waals surface area contributed by atoms with Gasteiger partial charge in [0.1, 0.15) is 23.1 Å². The maximum absolute atomic E-state index is 14.1. The molecule has 0 saturated heterocycles. The van der Waals surface area contributed by atoms with Gasteiger partial charge in [0.15, 0.2) is 11.9 Å². The van der Waals surface area contributed by atoms with Gasteiger partial charge in [-0.25, -0.2) is 4.39 Å². The Labute approximate surface area is 150 Å². The molecule has 26 heavy (non-hydrogen) atoms. The van der Waals surface area contributed by atoms with Crippen molar-refractivity contribution in [2.45, 2.75) is 12.3 Å². The monoisotopic (exact) mass is 389 g/mol. The van der Waals surface area contributed by atoms with Crippen molar-refractivity contribution in [2.75, 3.05) is 14.1 Å². The molecule has 10 heteroatoms. The third kappa shape index (κ3) is 3.81. The molecule has 1 N–H and O–H groups in total. The van der Waals surface area contributed by atoms with Crippen LogP contribution in [0, 0.1) is 17.1 Å². The summed E-state index contributed by atoms with van der Waals surface area (Å²) in [6.45, 7) is 0. The molecular weight excluding hydrogens is 378 g/mol. The van der Waals surface area contributed by atoms with Crippen molar-refractivity contribution < 1.29 is 27.2 Å². The predicted octanol–water partition coefficient (Wildman–Crippen LogP) is 3.83. The molecule has 1 aromatic heterocycles. The molecule has 5 nitrogen and oxygen atoms in total. The molecule has 0 aliphatic rings. The Balaban J connectivity index is 2.71. The topological polar surface area (TPSA) is 73.3 Å². The molecule has 1 atom stereocenters. The van der Waals surface area contributed by atoms with Crippen molar-refractivity contribution in [1.82, 2.24) is 10.1 Å². The van der Waals surface area contributed by atoms with E-state index >= 15 is 0 Å². The molecule has 2 rings (SSSR count). The summed E-state index contributed by atoms with van der Waals surface area (Å²) in [5.41, 5.74) is -1.87. The minimum absolute atomic E-state index is 0.101. The number of aromatic nitrogens is 1. The van der Waals surface area contributed by atoms with Gasteiger partial charge >= 0.3 is 6.18 Å². The number of aliphatic hydroxyl groups is 1. The van der Waals surface area contributed by atoms with Crippen LogP contribution in [0.5, 0.6) is 0 Å². The van der Waals surface area contributed by atoms with Gasteiger partial charge in [0.05, 0.1) is 16.2 Å². The first-order valence-electron chi connectivity index (χ1n) is 7.05. The molecule has 0 radical (unpaired) electrons. The maximum atomic E-state index is 14.1. The number of nitriles is 1. The first-order chi connectivity index (χ1) is 12.1. The fraction of sp³-hybridized carbons (Fsp3) is 0.250. The number of rotatable bonds is 4. The lowest BCUT2D eigenvalue weighted by Gasteiger charge is -2.18.